The molecule has 29 heavy (non-hydrogen) atoms. The molecule has 2 rings (SSSR count). The summed E-state index contributed by atoms with van der Waals surface area (Å²) in [4.78, 5) is 4.28. The number of halogens is 2. The number of hydrogen-bond acceptors (Lipinski definition) is 5. The summed E-state index contributed by atoms with van der Waals surface area (Å²) in [7, 11) is -1.96. The van der Waals surface area contributed by atoms with Crippen molar-refractivity contribution in [2.45, 2.75) is 38.1 Å². The number of guanidine groups is 1. The van der Waals surface area contributed by atoms with Gasteiger partial charge in [0.15, 0.2) is 5.96 Å². The minimum atomic E-state index is -3.61. The standard InChI is InChI=1S/C18H26ClN5O3S.HI/c1-4-16-15(17(5-2)27-24-16)12-22-18(20-3)21-9-10-23-28(25,26)14-8-6-7-13(19)11-14;/h6-8,11,23H,4-5,9-10,12H2,1-3H3,(H2,20,21,22);1H. The number of nitrogens with zero attached hydrogens (tertiary/aromatic N) is 2. The average molecular weight is 556 g/mol. The number of hydrogen-bond donors (Lipinski definition) is 3. The van der Waals surface area contributed by atoms with Crippen molar-refractivity contribution in [1.29, 1.82) is 0 Å². The third kappa shape index (κ3) is 7.43. The highest BCUT2D eigenvalue weighted by atomic mass is 127. The maximum atomic E-state index is 12.3. The first-order chi connectivity index (χ1) is 13.4. The minimum Gasteiger partial charge on any atom is -0.361 e. The second kappa shape index (κ2) is 12.4. The Bertz CT molecular complexity index is 896. The molecule has 0 aliphatic heterocycles. The van der Waals surface area contributed by atoms with E-state index < -0.39 is 10.0 Å². The highest BCUT2D eigenvalue weighted by molar-refractivity contribution is 14.0. The molecule has 0 saturated carbocycles. The van der Waals surface area contributed by atoms with Gasteiger partial charge >= 0.3 is 0 Å². The summed E-state index contributed by atoms with van der Waals surface area (Å²) >= 11 is 5.85. The van der Waals surface area contributed by atoms with Crippen molar-refractivity contribution in [3.8, 4) is 0 Å². The molecule has 0 aliphatic carbocycles. The van der Waals surface area contributed by atoms with E-state index in [1.807, 2.05) is 13.8 Å². The fourth-order valence-electron chi connectivity index (χ4n) is 2.61. The zero-order valence-electron chi connectivity index (χ0n) is 16.7. The number of aliphatic imine (C=N–C) groups is 1. The van der Waals surface area contributed by atoms with Crippen molar-refractivity contribution in [2.75, 3.05) is 20.1 Å². The van der Waals surface area contributed by atoms with Crippen LogP contribution in [-0.2, 0) is 29.4 Å². The van der Waals surface area contributed by atoms with Crippen LogP contribution in [0.4, 0.5) is 0 Å². The zero-order valence-corrected chi connectivity index (χ0v) is 20.6. The van der Waals surface area contributed by atoms with E-state index in [4.69, 9.17) is 16.1 Å². The molecule has 0 unspecified atom stereocenters. The van der Waals surface area contributed by atoms with Crippen LogP contribution in [0.15, 0.2) is 38.7 Å². The molecule has 0 bridgehead atoms. The molecular formula is C18H27ClIN5O3S. The van der Waals surface area contributed by atoms with E-state index in [2.05, 4.69) is 25.5 Å². The summed E-state index contributed by atoms with van der Waals surface area (Å²) in [5, 5.41) is 10.7. The van der Waals surface area contributed by atoms with E-state index in [0.29, 0.717) is 24.1 Å². The number of aryl methyl sites for hydroxylation is 2. The van der Waals surface area contributed by atoms with Gasteiger partial charge < -0.3 is 15.2 Å². The number of benzene rings is 1. The number of nitrogens with one attached hydrogen (secondary N) is 3. The normalized spacial score (nSPS) is 11.8. The summed E-state index contributed by atoms with van der Waals surface area (Å²) in [5.74, 6) is 1.42. The minimum absolute atomic E-state index is 0. The predicted molar refractivity (Wildman–Crippen MR) is 126 cm³/mol. The van der Waals surface area contributed by atoms with Gasteiger partial charge in [0.05, 0.1) is 10.6 Å². The Balaban J connectivity index is 0.00000420. The summed E-state index contributed by atoms with van der Waals surface area (Å²) in [6.45, 7) is 5.14. The van der Waals surface area contributed by atoms with Gasteiger partial charge in [0.2, 0.25) is 10.0 Å². The molecule has 3 N–H and O–H groups in total. The van der Waals surface area contributed by atoms with Gasteiger partial charge in [-0.15, -0.1) is 24.0 Å². The Morgan fingerprint density at radius 2 is 1.97 bits per heavy atom. The smallest absolute Gasteiger partial charge is 0.240 e. The molecule has 1 aromatic heterocycles. The first kappa shape index (κ1) is 25.7. The molecule has 0 amide bonds. The number of sulfonamides is 1. The van der Waals surface area contributed by atoms with Crippen LogP contribution < -0.4 is 15.4 Å². The van der Waals surface area contributed by atoms with E-state index in [0.717, 1.165) is 29.9 Å². The topological polar surface area (TPSA) is 109 Å². The quantitative estimate of drug-likeness (QED) is 0.190. The molecule has 11 heteroatoms. The maximum absolute atomic E-state index is 12.3. The van der Waals surface area contributed by atoms with E-state index >= 15 is 0 Å². The molecule has 2 aromatic rings. The molecule has 1 aromatic carbocycles. The second-order valence-electron chi connectivity index (χ2n) is 5.95. The molecule has 0 saturated heterocycles. The van der Waals surface area contributed by atoms with E-state index in [9.17, 15) is 8.42 Å². The SMILES string of the molecule is CCc1noc(CC)c1CNC(=NC)NCCNS(=O)(=O)c1cccc(Cl)c1.I. The van der Waals surface area contributed by atoms with Crippen LogP contribution in [0, 0.1) is 0 Å². The van der Waals surface area contributed by atoms with Crippen molar-refractivity contribution in [2.24, 2.45) is 4.99 Å². The molecule has 1 heterocycles. The molecule has 0 radical (unpaired) electrons. The van der Waals surface area contributed by atoms with Crippen molar-refractivity contribution < 1.29 is 12.9 Å². The average Bonchev–Trinajstić information content (AvgIpc) is 3.09. The predicted octanol–water partition coefficient (Wildman–Crippen LogP) is 2.71. The molecule has 0 atom stereocenters. The lowest BCUT2D eigenvalue weighted by atomic mass is 10.1. The summed E-state index contributed by atoms with van der Waals surface area (Å²) in [6.07, 6.45) is 1.55. The molecule has 0 fully saturated rings. The Morgan fingerprint density at radius 1 is 1.21 bits per heavy atom. The lowest BCUT2D eigenvalue weighted by Crippen LogP contribution is -2.41. The van der Waals surface area contributed by atoms with Gasteiger partial charge in [0.25, 0.3) is 0 Å². The number of aromatic nitrogens is 1. The third-order valence-corrected chi connectivity index (χ3v) is 5.77. The molecule has 162 valence electrons. The van der Waals surface area contributed by atoms with Crippen LogP contribution in [0.3, 0.4) is 0 Å². The molecular weight excluding hydrogens is 529 g/mol. The fraction of sp³-hybridized carbons (Fsp3) is 0.444. The van der Waals surface area contributed by atoms with Crippen LogP contribution in [-0.4, -0.2) is 39.7 Å². The van der Waals surface area contributed by atoms with Gasteiger partial charge in [0, 0.05) is 43.7 Å². The lowest BCUT2D eigenvalue weighted by molar-refractivity contribution is 0.380. The van der Waals surface area contributed by atoms with Gasteiger partial charge in [-0.25, -0.2) is 13.1 Å². The third-order valence-electron chi connectivity index (χ3n) is 4.08. The van der Waals surface area contributed by atoms with Crippen LogP contribution in [0.5, 0.6) is 0 Å². The molecule has 0 aliphatic rings. The monoisotopic (exact) mass is 555 g/mol. The lowest BCUT2D eigenvalue weighted by Gasteiger charge is -2.13. The first-order valence-electron chi connectivity index (χ1n) is 9.07. The van der Waals surface area contributed by atoms with Crippen LogP contribution in [0.25, 0.3) is 0 Å². The zero-order chi connectivity index (χ0) is 20.6. The van der Waals surface area contributed by atoms with Crippen molar-refractivity contribution >= 4 is 51.6 Å². The Hall–Kier alpha value is -1.37. The van der Waals surface area contributed by atoms with Crippen LogP contribution in [0.2, 0.25) is 5.02 Å². The first-order valence-corrected chi connectivity index (χ1v) is 10.9. The van der Waals surface area contributed by atoms with Gasteiger partial charge in [-0.1, -0.05) is 36.7 Å². The fourth-order valence-corrected chi connectivity index (χ4v) is 3.95. The van der Waals surface area contributed by atoms with Crippen LogP contribution >= 0.6 is 35.6 Å². The van der Waals surface area contributed by atoms with Crippen molar-refractivity contribution in [1.82, 2.24) is 20.5 Å². The van der Waals surface area contributed by atoms with Crippen molar-refractivity contribution in [3.05, 3.63) is 46.3 Å². The number of rotatable bonds is 9. The second-order valence-corrected chi connectivity index (χ2v) is 8.15. The van der Waals surface area contributed by atoms with E-state index in [1.165, 1.54) is 12.1 Å². The highest BCUT2D eigenvalue weighted by Gasteiger charge is 2.15. The maximum Gasteiger partial charge on any atom is 0.240 e. The summed E-state index contributed by atoms with van der Waals surface area (Å²) in [5.41, 5.74) is 1.96. The van der Waals surface area contributed by atoms with E-state index in [-0.39, 0.29) is 35.4 Å². The Labute approximate surface area is 193 Å². The van der Waals surface area contributed by atoms with Gasteiger partial charge in [-0.2, -0.15) is 0 Å². The largest absolute Gasteiger partial charge is 0.361 e. The van der Waals surface area contributed by atoms with E-state index in [1.54, 1.807) is 19.2 Å². The summed E-state index contributed by atoms with van der Waals surface area (Å²) < 4.78 is 32.4. The van der Waals surface area contributed by atoms with Gasteiger partial charge in [-0.05, 0) is 24.6 Å². The Kier molecular flexibility index (Phi) is 10.9. The van der Waals surface area contributed by atoms with Gasteiger partial charge in [0.1, 0.15) is 5.76 Å². The summed E-state index contributed by atoms with van der Waals surface area (Å²) in [6, 6.07) is 6.13. The highest BCUT2D eigenvalue weighted by Crippen LogP contribution is 2.16. The van der Waals surface area contributed by atoms with Gasteiger partial charge in [-0.3, -0.25) is 4.99 Å². The molecule has 8 nitrogen and oxygen atoms in total. The molecule has 0 spiro atoms. The van der Waals surface area contributed by atoms with Crippen molar-refractivity contribution in [3.63, 3.8) is 0 Å². The van der Waals surface area contributed by atoms with Crippen LogP contribution in [0.1, 0.15) is 30.9 Å². The Morgan fingerprint density at radius 3 is 2.59 bits per heavy atom.